The molecule has 0 spiro atoms. The van der Waals surface area contributed by atoms with E-state index in [1.807, 2.05) is 0 Å². The SMILES string of the molecule is O=C(CNC(=O)c1ccc(C2=NOC(c3cccc(Cl)c3C(F)(F)F)C2C(F)(F)F)c2ccccc12)NCC(F)(F)F. The number of nitrogens with one attached hydrogen (secondary N) is 2. The van der Waals surface area contributed by atoms with Crippen molar-refractivity contribution < 1.29 is 53.9 Å². The molecule has 2 atom stereocenters. The summed E-state index contributed by atoms with van der Waals surface area (Å²) in [5.41, 5.74) is -3.48. The Hall–Kier alpha value is -4.01. The molecule has 42 heavy (non-hydrogen) atoms. The lowest BCUT2D eigenvalue weighted by Crippen LogP contribution is -2.40. The number of fused-ring (bicyclic) bond motifs is 1. The van der Waals surface area contributed by atoms with Crippen molar-refractivity contribution in [3.8, 4) is 0 Å². The van der Waals surface area contributed by atoms with Gasteiger partial charge in [-0.15, -0.1) is 0 Å². The summed E-state index contributed by atoms with van der Waals surface area (Å²) in [6.45, 7) is -2.45. The number of oxime groups is 1. The van der Waals surface area contributed by atoms with Crippen molar-refractivity contribution >= 4 is 39.9 Å². The summed E-state index contributed by atoms with van der Waals surface area (Å²) in [4.78, 5) is 29.4. The Morgan fingerprint density at radius 3 is 2.14 bits per heavy atom. The van der Waals surface area contributed by atoms with E-state index in [1.54, 1.807) is 5.32 Å². The second kappa shape index (κ2) is 11.3. The van der Waals surface area contributed by atoms with Gasteiger partial charge in [-0.1, -0.05) is 59.2 Å². The highest BCUT2D eigenvalue weighted by Gasteiger charge is 2.55. The van der Waals surface area contributed by atoms with Crippen LogP contribution in [0.2, 0.25) is 5.02 Å². The van der Waals surface area contributed by atoms with Crippen LogP contribution < -0.4 is 10.6 Å². The van der Waals surface area contributed by atoms with Gasteiger partial charge in [0.05, 0.1) is 17.1 Å². The lowest BCUT2D eigenvalue weighted by atomic mass is 9.84. The summed E-state index contributed by atoms with van der Waals surface area (Å²) in [6, 6.07) is 10.5. The summed E-state index contributed by atoms with van der Waals surface area (Å²) in [7, 11) is 0. The van der Waals surface area contributed by atoms with Crippen LogP contribution in [0.1, 0.15) is 33.2 Å². The highest BCUT2D eigenvalue weighted by Crippen LogP contribution is 2.49. The first-order valence-corrected chi connectivity index (χ1v) is 12.2. The first-order valence-electron chi connectivity index (χ1n) is 11.8. The molecule has 1 heterocycles. The molecule has 0 aromatic heterocycles. The molecule has 16 heteroatoms. The van der Waals surface area contributed by atoms with Crippen LogP contribution in [0.5, 0.6) is 0 Å². The van der Waals surface area contributed by atoms with Crippen LogP contribution in [-0.2, 0) is 15.8 Å². The average Bonchev–Trinajstić information content (AvgIpc) is 3.34. The molecule has 224 valence electrons. The smallest absolute Gasteiger partial charge is 0.386 e. The molecular formula is C26H17ClF9N3O3. The van der Waals surface area contributed by atoms with Crippen molar-refractivity contribution in [1.29, 1.82) is 0 Å². The molecule has 2 amide bonds. The standard InChI is InChI=1S/C26H17ClF9N3O3/c27-17-7-3-6-16(19(17)25(31,32)33)22-20(26(34,35)36)21(39-42-22)14-8-9-15(13-5-2-1-4-12(13)14)23(41)37-10-18(40)38-11-24(28,29)30/h1-9,20,22H,10-11H2,(H,37,41)(H,38,40). The van der Waals surface area contributed by atoms with Crippen molar-refractivity contribution in [2.24, 2.45) is 11.1 Å². The molecule has 0 saturated carbocycles. The van der Waals surface area contributed by atoms with Gasteiger partial charge in [0.15, 0.2) is 6.10 Å². The molecule has 0 fully saturated rings. The number of hydrogen-bond acceptors (Lipinski definition) is 4. The zero-order valence-electron chi connectivity index (χ0n) is 20.7. The average molecular weight is 626 g/mol. The third kappa shape index (κ3) is 6.55. The van der Waals surface area contributed by atoms with E-state index in [1.165, 1.54) is 24.3 Å². The molecule has 3 aromatic rings. The number of nitrogens with zero attached hydrogens (tertiary/aromatic N) is 1. The fourth-order valence-corrected chi connectivity index (χ4v) is 4.76. The Morgan fingerprint density at radius 1 is 0.857 bits per heavy atom. The molecule has 2 N–H and O–H groups in total. The normalized spacial score (nSPS) is 17.5. The Bertz CT molecular complexity index is 1550. The third-order valence-electron chi connectivity index (χ3n) is 6.19. The van der Waals surface area contributed by atoms with Gasteiger partial charge in [0.2, 0.25) is 5.91 Å². The first kappa shape index (κ1) is 30.9. The fourth-order valence-electron chi connectivity index (χ4n) is 4.47. The molecular weight excluding hydrogens is 609 g/mol. The van der Waals surface area contributed by atoms with Crippen molar-refractivity contribution in [3.63, 3.8) is 0 Å². The van der Waals surface area contributed by atoms with Gasteiger partial charge < -0.3 is 15.5 Å². The largest absolute Gasteiger partial charge is 0.418 e. The third-order valence-corrected chi connectivity index (χ3v) is 6.51. The van der Waals surface area contributed by atoms with Gasteiger partial charge in [0.1, 0.15) is 18.2 Å². The Kier molecular flexibility index (Phi) is 8.36. The molecule has 4 rings (SSSR count). The Balaban J connectivity index is 1.70. The minimum atomic E-state index is -5.15. The summed E-state index contributed by atoms with van der Waals surface area (Å²) in [6.07, 6.45) is -17.2. The maximum Gasteiger partial charge on any atom is 0.418 e. The minimum absolute atomic E-state index is 0.0334. The minimum Gasteiger partial charge on any atom is -0.386 e. The molecule has 0 saturated heterocycles. The number of benzene rings is 3. The highest BCUT2D eigenvalue weighted by molar-refractivity contribution is 6.31. The van der Waals surface area contributed by atoms with Crippen LogP contribution in [0.3, 0.4) is 0 Å². The second-order valence-corrected chi connectivity index (χ2v) is 9.41. The van der Waals surface area contributed by atoms with Crippen LogP contribution in [0.15, 0.2) is 59.8 Å². The molecule has 6 nitrogen and oxygen atoms in total. The maximum atomic E-state index is 14.4. The lowest BCUT2D eigenvalue weighted by molar-refractivity contribution is -0.180. The van der Waals surface area contributed by atoms with Gasteiger partial charge in [0, 0.05) is 16.7 Å². The second-order valence-electron chi connectivity index (χ2n) is 9.00. The summed E-state index contributed by atoms with van der Waals surface area (Å²) >= 11 is 5.71. The van der Waals surface area contributed by atoms with E-state index in [9.17, 15) is 49.1 Å². The molecule has 0 bridgehead atoms. The number of rotatable bonds is 6. The molecule has 0 radical (unpaired) electrons. The monoisotopic (exact) mass is 625 g/mol. The van der Waals surface area contributed by atoms with Crippen molar-refractivity contribution in [3.05, 3.63) is 81.9 Å². The number of carbonyl (C=O) groups is 2. The predicted octanol–water partition coefficient (Wildman–Crippen LogP) is 6.57. The van der Waals surface area contributed by atoms with E-state index < -0.39 is 77.3 Å². The Morgan fingerprint density at radius 2 is 1.52 bits per heavy atom. The molecule has 1 aliphatic heterocycles. The van der Waals surface area contributed by atoms with Crippen LogP contribution in [0, 0.1) is 5.92 Å². The van der Waals surface area contributed by atoms with E-state index in [4.69, 9.17) is 16.4 Å². The van der Waals surface area contributed by atoms with Crippen molar-refractivity contribution in [2.75, 3.05) is 13.1 Å². The number of hydrogen-bond donors (Lipinski definition) is 2. The Labute approximate surface area is 235 Å². The predicted molar refractivity (Wildman–Crippen MR) is 132 cm³/mol. The lowest BCUT2D eigenvalue weighted by Gasteiger charge is -2.25. The molecule has 1 aliphatic rings. The van der Waals surface area contributed by atoms with E-state index >= 15 is 0 Å². The molecule has 0 aliphatic carbocycles. The zero-order valence-corrected chi connectivity index (χ0v) is 21.5. The quantitative estimate of drug-likeness (QED) is 0.304. The number of carbonyl (C=O) groups excluding carboxylic acids is 2. The van der Waals surface area contributed by atoms with Gasteiger partial charge in [-0.05, 0) is 22.9 Å². The van der Waals surface area contributed by atoms with Crippen LogP contribution >= 0.6 is 11.6 Å². The van der Waals surface area contributed by atoms with Gasteiger partial charge in [-0.2, -0.15) is 39.5 Å². The van der Waals surface area contributed by atoms with Gasteiger partial charge in [-0.3, -0.25) is 9.59 Å². The zero-order chi connectivity index (χ0) is 31.0. The summed E-state index contributed by atoms with van der Waals surface area (Å²) in [5.74, 6) is -4.74. The van der Waals surface area contributed by atoms with Gasteiger partial charge in [0.25, 0.3) is 5.91 Å². The molecule has 2 unspecified atom stereocenters. The highest BCUT2D eigenvalue weighted by atomic mass is 35.5. The maximum absolute atomic E-state index is 14.4. The van der Waals surface area contributed by atoms with Crippen molar-refractivity contribution in [2.45, 2.75) is 24.6 Å². The number of amides is 2. The van der Waals surface area contributed by atoms with E-state index in [0.717, 1.165) is 30.3 Å². The topological polar surface area (TPSA) is 79.8 Å². The van der Waals surface area contributed by atoms with Crippen LogP contribution in [-0.4, -0.2) is 43.0 Å². The van der Waals surface area contributed by atoms with Gasteiger partial charge in [-0.25, -0.2) is 0 Å². The van der Waals surface area contributed by atoms with Crippen LogP contribution in [0.4, 0.5) is 39.5 Å². The molecule has 3 aromatic carbocycles. The van der Waals surface area contributed by atoms with E-state index in [2.05, 4.69) is 10.5 Å². The van der Waals surface area contributed by atoms with E-state index in [-0.39, 0.29) is 21.9 Å². The summed E-state index contributed by atoms with van der Waals surface area (Å²) < 4.78 is 121. The van der Waals surface area contributed by atoms with E-state index in [0.29, 0.717) is 0 Å². The van der Waals surface area contributed by atoms with Gasteiger partial charge >= 0.3 is 18.5 Å². The fraction of sp³-hybridized carbons (Fsp3) is 0.269. The van der Waals surface area contributed by atoms with Crippen LogP contribution in [0.25, 0.3) is 10.8 Å². The summed E-state index contributed by atoms with van der Waals surface area (Å²) in [5, 5.41) is 6.50. The van der Waals surface area contributed by atoms with Crippen molar-refractivity contribution in [1.82, 2.24) is 10.6 Å². The number of alkyl halides is 9. The first-order chi connectivity index (χ1) is 19.5. The number of halogens is 10.